The molecule has 168 valence electrons. The minimum Gasteiger partial charge on any atom is -0.478 e. The highest BCUT2D eigenvalue weighted by atomic mass is 16.5. The monoisotopic (exact) mass is 443 g/mol. The number of fused-ring (bicyclic) bond motifs is 5. The van der Waals surface area contributed by atoms with Crippen LogP contribution in [0.5, 0.6) is 5.75 Å². The first-order valence-electron chi connectivity index (χ1n) is 11.1. The molecule has 0 aliphatic carbocycles. The molecule has 6 nitrogen and oxygen atoms in total. The molecule has 0 radical (unpaired) electrons. The van der Waals surface area contributed by atoms with Crippen LogP contribution < -0.4 is 10.4 Å². The lowest BCUT2D eigenvalue weighted by Crippen LogP contribution is -2.47. The molecule has 1 aromatic heterocycles. The van der Waals surface area contributed by atoms with Crippen molar-refractivity contribution in [2.45, 2.75) is 39.0 Å². The number of esters is 1. The highest BCUT2D eigenvalue weighted by Crippen LogP contribution is 2.35. The Bertz CT molecular complexity index is 1380. The third kappa shape index (κ3) is 4.10. The Morgan fingerprint density at radius 3 is 2.45 bits per heavy atom. The summed E-state index contributed by atoms with van der Waals surface area (Å²) in [6, 6.07) is 20.5. The van der Waals surface area contributed by atoms with Crippen molar-refractivity contribution >= 4 is 27.7 Å². The molecule has 3 aromatic carbocycles. The molecule has 1 atom stereocenters. The van der Waals surface area contributed by atoms with E-state index in [9.17, 15) is 9.59 Å². The SMILES string of the molecule is CC(C)OC(=O)[C@@H](Cc1ccccc1)N1COc2ccc3c(oc(=O)c4ccccc43)c2C1. The Hall–Kier alpha value is -3.64. The second kappa shape index (κ2) is 8.71. The van der Waals surface area contributed by atoms with E-state index in [0.29, 0.717) is 29.7 Å². The Morgan fingerprint density at radius 2 is 1.70 bits per heavy atom. The molecule has 5 rings (SSSR count). The Labute approximate surface area is 191 Å². The van der Waals surface area contributed by atoms with E-state index in [1.165, 1.54) is 0 Å². The lowest BCUT2D eigenvalue weighted by Gasteiger charge is -2.34. The van der Waals surface area contributed by atoms with Crippen molar-refractivity contribution in [3.63, 3.8) is 0 Å². The molecule has 0 N–H and O–H groups in total. The van der Waals surface area contributed by atoms with Gasteiger partial charge in [-0.1, -0.05) is 48.5 Å². The predicted octanol–water partition coefficient (Wildman–Crippen LogP) is 4.66. The second-order valence-electron chi connectivity index (χ2n) is 8.57. The maximum Gasteiger partial charge on any atom is 0.344 e. The average Bonchev–Trinajstić information content (AvgIpc) is 2.82. The zero-order valence-electron chi connectivity index (χ0n) is 18.6. The number of rotatable bonds is 5. The zero-order chi connectivity index (χ0) is 22.9. The highest BCUT2D eigenvalue weighted by Gasteiger charge is 2.33. The smallest absolute Gasteiger partial charge is 0.344 e. The van der Waals surface area contributed by atoms with Crippen molar-refractivity contribution in [2.24, 2.45) is 0 Å². The van der Waals surface area contributed by atoms with Crippen LogP contribution in [0.2, 0.25) is 0 Å². The van der Waals surface area contributed by atoms with Crippen molar-refractivity contribution in [2.75, 3.05) is 6.73 Å². The van der Waals surface area contributed by atoms with Crippen LogP contribution in [0.3, 0.4) is 0 Å². The number of carbonyl (C=O) groups is 1. The van der Waals surface area contributed by atoms with Crippen molar-refractivity contribution in [3.8, 4) is 5.75 Å². The van der Waals surface area contributed by atoms with Gasteiger partial charge in [-0.2, -0.15) is 0 Å². The summed E-state index contributed by atoms with van der Waals surface area (Å²) in [6.45, 7) is 4.32. The second-order valence-corrected chi connectivity index (χ2v) is 8.57. The molecule has 0 bridgehead atoms. The van der Waals surface area contributed by atoms with Gasteiger partial charge in [-0.05, 0) is 49.4 Å². The topological polar surface area (TPSA) is 69.0 Å². The van der Waals surface area contributed by atoms with Gasteiger partial charge in [0, 0.05) is 11.9 Å². The maximum absolute atomic E-state index is 13.1. The largest absolute Gasteiger partial charge is 0.478 e. The molecular weight excluding hydrogens is 418 g/mol. The summed E-state index contributed by atoms with van der Waals surface area (Å²) in [5, 5.41) is 2.23. The van der Waals surface area contributed by atoms with Crippen LogP contribution in [-0.4, -0.2) is 29.7 Å². The van der Waals surface area contributed by atoms with Crippen LogP contribution >= 0.6 is 0 Å². The van der Waals surface area contributed by atoms with Crippen molar-refractivity contribution in [3.05, 3.63) is 88.3 Å². The van der Waals surface area contributed by atoms with Crippen molar-refractivity contribution in [1.29, 1.82) is 0 Å². The lowest BCUT2D eigenvalue weighted by atomic mass is 10.0. The molecule has 0 fully saturated rings. The van der Waals surface area contributed by atoms with Crippen LogP contribution in [0.1, 0.15) is 25.0 Å². The fourth-order valence-corrected chi connectivity index (χ4v) is 4.38. The van der Waals surface area contributed by atoms with E-state index in [4.69, 9.17) is 13.9 Å². The molecule has 0 saturated heterocycles. The molecule has 6 heteroatoms. The van der Waals surface area contributed by atoms with Gasteiger partial charge in [0.15, 0.2) is 0 Å². The van der Waals surface area contributed by atoms with E-state index >= 15 is 0 Å². The van der Waals surface area contributed by atoms with Gasteiger partial charge in [-0.3, -0.25) is 9.69 Å². The number of hydrogen-bond donors (Lipinski definition) is 0. The lowest BCUT2D eigenvalue weighted by molar-refractivity contribution is -0.156. The fourth-order valence-electron chi connectivity index (χ4n) is 4.38. The van der Waals surface area contributed by atoms with Gasteiger partial charge in [0.2, 0.25) is 0 Å². The summed E-state index contributed by atoms with van der Waals surface area (Å²) < 4.78 is 17.4. The molecule has 4 aromatic rings. The van der Waals surface area contributed by atoms with Crippen LogP contribution in [0.4, 0.5) is 0 Å². The van der Waals surface area contributed by atoms with E-state index in [-0.39, 0.29) is 24.4 Å². The molecule has 33 heavy (non-hydrogen) atoms. The first-order chi connectivity index (χ1) is 16.0. The molecule has 0 spiro atoms. The predicted molar refractivity (Wildman–Crippen MR) is 126 cm³/mol. The van der Waals surface area contributed by atoms with Crippen LogP contribution in [0.15, 0.2) is 75.9 Å². The van der Waals surface area contributed by atoms with E-state index < -0.39 is 6.04 Å². The quantitative estimate of drug-likeness (QED) is 0.254. The first-order valence-corrected chi connectivity index (χ1v) is 11.1. The summed E-state index contributed by atoms with van der Waals surface area (Å²) in [5.41, 5.74) is 1.90. The highest BCUT2D eigenvalue weighted by molar-refractivity contribution is 6.05. The number of nitrogens with zero attached hydrogens (tertiary/aromatic N) is 1. The third-order valence-electron chi connectivity index (χ3n) is 5.93. The van der Waals surface area contributed by atoms with Gasteiger partial charge < -0.3 is 13.9 Å². The summed E-state index contributed by atoms with van der Waals surface area (Å²) in [7, 11) is 0. The summed E-state index contributed by atoms with van der Waals surface area (Å²) in [4.78, 5) is 27.7. The zero-order valence-corrected chi connectivity index (χ0v) is 18.6. The molecule has 2 heterocycles. The van der Waals surface area contributed by atoms with Gasteiger partial charge in [0.25, 0.3) is 0 Å². The molecular formula is C27H25NO5. The van der Waals surface area contributed by atoms with E-state index in [0.717, 1.165) is 21.9 Å². The number of ether oxygens (including phenoxy) is 2. The maximum atomic E-state index is 13.1. The van der Waals surface area contributed by atoms with E-state index in [2.05, 4.69) is 0 Å². The average molecular weight is 443 g/mol. The number of carbonyl (C=O) groups excluding carboxylic acids is 1. The van der Waals surface area contributed by atoms with Gasteiger partial charge in [-0.15, -0.1) is 0 Å². The fraction of sp³-hybridized carbons (Fsp3) is 0.259. The molecule has 0 saturated carbocycles. The minimum atomic E-state index is -0.537. The summed E-state index contributed by atoms with van der Waals surface area (Å²) in [5.74, 6) is 0.362. The van der Waals surface area contributed by atoms with E-state index in [1.807, 2.05) is 79.4 Å². The van der Waals surface area contributed by atoms with Crippen LogP contribution in [0, 0.1) is 0 Å². The summed E-state index contributed by atoms with van der Waals surface area (Å²) in [6.07, 6.45) is 0.266. The molecule has 0 amide bonds. The van der Waals surface area contributed by atoms with Gasteiger partial charge >= 0.3 is 11.6 Å². The Balaban J connectivity index is 1.56. The van der Waals surface area contributed by atoms with E-state index in [1.54, 1.807) is 6.07 Å². The minimum absolute atomic E-state index is 0.223. The molecule has 1 aliphatic rings. The number of hydrogen-bond acceptors (Lipinski definition) is 6. The van der Waals surface area contributed by atoms with Gasteiger partial charge in [0.05, 0.1) is 17.1 Å². The van der Waals surface area contributed by atoms with Crippen LogP contribution in [0.25, 0.3) is 21.7 Å². The Kier molecular flexibility index (Phi) is 5.60. The van der Waals surface area contributed by atoms with Crippen molar-refractivity contribution < 1.29 is 18.7 Å². The normalized spacial score (nSPS) is 14.8. The van der Waals surface area contributed by atoms with Crippen molar-refractivity contribution in [1.82, 2.24) is 4.90 Å². The number of benzene rings is 3. The summed E-state index contributed by atoms with van der Waals surface area (Å²) >= 11 is 0. The van der Waals surface area contributed by atoms with Crippen LogP contribution in [-0.2, 0) is 22.5 Å². The van der Waals surface area contributed by atoms with Gasteiger partial charge in [0.1, 0.15) is 24.1 Å². The molecule has 1 aliphatic heterocycles. The standard InChI is InChI=1S/C27H25NO5/c1-17(2)32-27(30)23(14-18-8-4-3-5-9-18)28-15-22-24(31-16-28)13-12-20-19-10-6-7-11-21(19)26(29)33-25(20)22/h3-13,17,23H,14-16H2,1-2H3/t23-/m1/s1. The Morgan fingerprint density at radius 1 is 0.970 bits per heavy atom. The third-order valence-corrected chi connectivity index (χ3v) is 5.93. The van der Waals surface area contributed by atoms with Gasteiger partial charge in [-0.25, -0.2) is 4.79 Å². The first kappa shape index (κ1) is 21.2. The molecule has 0 unspecified atom stereocenters.